The van der Waals surface area contributed by atoms with Gasteiger partial charge in [0.25, 0.3) is 0 Å². The highest BCUT2D eigenvalue weighted by Gasteiger charge is 2.10. The Morgan fingerprint density at radius 1 is 1.20 bits per heavy atom. The van der Waals surface area contributed by atoms with E-state index in [4.69, 9.17) is 5.73 Å². The third-order valence-electron chi connectivity index (χ3n) is 2.72. The van der Waals surface area contributed by atoms with Crippen LogP contribution in [0.1, 0.15) is 32.8 Å². The topological polar surface area (TPSA) is 29.3 Å². The quantitative estimate of drug-likeness (QED) is 0.750. The van der Waals surface area contributed by atoms with Gasteiger partial charge in [0, 0.05) is 13.1 Å². The predicted molar refractivity (Wildman–Crippen MR) is 68.4 cm³/mol. The van der Waals surface area contributed by atoms with Crippen LogP contribution >= 0.6 is 0 Å². The van der Waals surface area contributed by atoms with E-state index in [9.17, 15) is 0 Å². The van der Waals surface area contributed by atoms with Gasteiger partial charge in [0.1, 0.15) is 0 Å². The third kappa shape index (κ3) is 2.65. The molecule has 0 spiro atoms. The standard InChI is InChI=1S/C13H22N2/c1-4-10-15(6-3)13-11(5-2)8-7-9-12(13)14/h7-9H,4-6,10,14H2,1-3H3. The van der Waals surface area contributed by atoms with Crippen molar-refractivity contribution in [2.45, 2.75) is 33.6 Å². The van der Waals surface area contributed by atoms with Crippen LogP contribution in [0.2, 0.25) is 0 Å². The normalized spacial score (nSPS) is 10.3. The first-order chi connectivity index (χ1) is 7.24. The molecule has 84 valence electrons. The molecule has 0 saturated heterocycles. The Bertz CT molecular complexity index is 307. The van der Waals surface area contributed by atoms with Crippen molar-refractivity contribution in [1.82, 2.24) is 0 Å². The van der Waals surface area contributed by atoms with E-state index < -0.39 is 0 Å². The molecule has 0 bridgehead atoms. The van der Waals surface area contributed by atoms with Crippen LogP contribution in [-0.2, 0) is 6.42 Å². The van der Waals surface area contributed by atoms with Gasteiger partial charge in [0.2, 0.25) is 0 Å². The fourth-order valence-corrected chi connectivity index (χ4v) is 1.98. The number of rotatable bonds is 5. The molecular formula is C13H22N2. The highest BCUT2D eigenvalue weighted by molar-refractivity contribution is 5.71. The van der Waals surface area contributed by atoms with Crippen LogP contribution in [-0.4, -0.2) is 13.1 Å². The molecule has 0 aliphatic carbocycles. The Balaban J connectivity index is 3.08. The van der Waals surface area contributed by atoms with Crippen LogP contribution in [0.15, 0.2) is 18.2 Å². The second-order valence-corrected chi connectivity index (χ2v) is 3.79. The van der Waals surface area contributed by atoms with Gasteiger partial charge in [-0.1, -0.05) is 26.0 Å². The molecule has 0 radical (unpaired) electrons. The summed E-state index contributed by atoms with van der Waals surface area (Å²) in [6, 6.07) is 6.20. The molecular weight excluding hydrogens is 184 g/mol. The average Bonchev–Trinajstić information content (AvgIpc) is 2.26. The summed E-state index contributed by atoms with van der Waals surface area (Å²) >= 11 is 0. The van der Waals surface area contributed by atoms with E-state index in [2.05, 4.69) is 31.7 Å². The Kier molecular flexibility index (Phi) is 4.47. The zero-order valence-corrected chi connectivity index (χ0v) is 10.1. The SMILES string of the molecule is CCCN(CC)c1c(N)cccc1CC. The van der Waals surface area contributed by atoms with Crippen molar-refractivity contribution in [3.8, 4) is 0 Å². The van der Waals surface area contributed by atoms with Crippen molar-refractivity contribution in [2.24, 2.45) is 0 Å². The smallest absolute Gasteiger partial charge is 0.0632 e. The summed E-state index contributed by atoms with van der Waals surface area (Å²) in [4.78, 5) is 2.37. The van der Waals surface area contributed by atoms with Gasteiger partial charge in [-0.3, -0.25) is 0 Å². The molecule has 0 aliphatic rings. The van der Waals surface area contributed by atoms with E-state index in [0.717, 1.165) is 31.6 Å². The lowest BCUT2D eigenvalue weighted by Crippen LogP contribution is -2.25. The molecule has 0 saturated carbocycles. The molecule has 0 amide bonds. The number of para-hydroxylation sites is 1. The zero-order chi connectivity index (χ0) is 11.3. The van der Waals surface area contributed by atoms with E-state index in [-0.39, 0.29) is 0 Å². The van der Waals surface area contributed by atoms with Crippen molar-refractivity contribution in [3.63, 3.8) is 0 Å². The van der Waals surface area contributed by atoms with E-state index >= 15 is 0 Å². The lowest BCUT2D eigenvalue weighted by atomic mass is 10.1. The van der Waals surface area contributed by atoms with Crippen molar-refractivity contribution < 1.29 is 0 Å². The van der Waals surface area contributed by atoms with Crippen LogP contribution in [0.25, 0.3) is 0 Å². The number of hydrogen-bond donors (Lipinski definition) is 1. The molecule has 2 heteroatoms. The van der Waals surface area contributed by atoms with E-state index in [1.165, 1.54) is 11.3 Å². The van der Waals surface area contributed by atoms with Crippen molar-refractivity contribution in [1.29, 1.82) is 0 Å². The highest BCUT2D eigenvalue weighted by atomic mass is 15.1. The maximum absolute atomic E-state index is 6.06. The molecule has 0 fully saturated rings. The maximum atomic E-state index is 6.06. The summed E-state index contributed by atoms with van der Waals surface area (Å²) in [5, 5.41) is 0. The Labute approximate surface area is 93.1 Å². The molecule has 1 aromatic carbocycles. The fraction of sp³-hybridized carbons (Fsp3) is 0.538. The van der Waals surface area contributed by atoms with E-state index in [1.54, 1.807) is 0 Å². The minimum atomic E-state index is 0.907. The molecule has 0 unspecified atom stereocenters. The number of benzene rings is 1. The number of hydrogen-bond acceptors (Lipinski definition) is 2. The van der Waals surface area contributed by atoms with E-state index in [1.807, 2.05) is 12.1 Å². The minimum Gasteiger partial charge on any atom is -0.397 e. The van der Waals surface area contributed by atoms with Crippen molar-refractivity contribution >= 4 is 11.4 Å². The van der Waals surface area contributed by atoms with Gasteiger partial charge in [0.05, 0.1) is 11.4 Å². The Morgan fingerprint density at radius 3 is 2.47 bits per heavy atom. The van der Waals surface area contributed by atoms with Crippen molar-refractivity contribution in [3.05, 3.63) is 23.8 Å². The van der Waals surface area contributed by atoms with E-state index in [0.29, 0.717) is 0 Å². The van der Waals surface area contributed by atoms with Crippen LogP contribution in [0.3, 0.4) is 0 Å². The molecule has 0 heterocycles. The summed E-state index contributed by atoms with van der Waals surface area (Å²) in [6.45, 7) is 8.67. The second kappa shape index (κ2) is 5.64. The second-order valence-electron chi connectivity index (χ2n) is 3.79. The van der Waals surface area contributed by atoms with Crippen LogP contribution in [0, 0.1) is 0 Å². The molecule has 0 aliphatic heterocycles. The summed E-state index contributed by atoms with van der Waals surface area (Å²) in [5.74, 6) is 0. The third-order valence-corrected chi connectivity index (χ3v) is 2.72. The Morgan fingerprint density at radius 2 is 1.93 bits per heavy atom. The first kappa shape index (κ1) is 11.9. The van der Waals surface area contributed by atoms with Crippen LogP contribution in [0.5, 0.6) is 0 Å². The zero-order valence-electron chi connectivity index (χ0n) is 10.1. The largest absolute Gasteiger partial charge is 0.397 e. The van der Waals surface area contributed by atoms with Gasteiger partial charge >= 0.3 is 0 Å². The Hall–Kier alpha value is -1.18. The first-order valence-electron chi connectivity index (χ1n) is 5.86. The summed E-state index contributed by atoms with van der Waals surface area (Å²) in [7, 11) is 0. The minimum absolute atomic E-state index is 0.907. The monoisotopic (exact) mass is 206 g/mol. The molecule has 1 aromatic rings. The molecule has 0 atom stereocenters. The number of nitrogens with zero attached hydrogens (tertiary/aromatic N) is 1. The lowest BCUT2D eigenvalue weighted by Gasteiger charge is -2.26. The van der Waals surface area contributed by atoms with Gasteiger partial charge in [0.15, 0.2) is 0 Å². The maximum Gasteiger partial charge on any atom is 0.0632 e. The lowest BCUT2D eigenvalue weighted by molar-refractivity contribution is 0.787. The summed E-state index contributed by atoms with van der Waals surface area (Å²) in [5.41, 5.74) is 9.56. The summed E-state index contributed by atoms with van der Waals surface area (Å²) < 4.78 is 0. The number of nitrogen functional groups attached to an aromatic ring is 1. The average molecular weight is 206 g/mol. The molecule has 0 aromatic heterocycles. The number of aryl methyl sites for hydroxylation is 1. The van der Waals surface area contributed by atoms with Gasteiger partial charge in [-0.05, 0) is 31.4 Å². The summed E-state index contributed by atoms with van der Waals surface area (Å²) in [6.07, 6.45) is 2.20. The first-order valence-corrected chi connectivity index (χ1v) is 5.86. The highest BCUT2D eigenvalue weighted by Crippen LogP contribution is 2.28. The van der Waals surface area contributed by atoms with Crippen LogP contribution in [0.4, 0.5) is 11.4 Å². The van der Waals surface area contributed by atoms with Gasteiger partial charge < -0.3 is 10.6 Å². The van der Waals surface area contributed by atoms with Gasteiger partial charge in [-0.15, -0.1) is 0 Å². The van der Waals surface area contributed by atoms with Gasteiger partial charge in [-0.25, -0.2) is 0 Å². The molecule has 15 heavy (non-hydrogen) atoms. The molecule has 2 N–H and O–H groups in total. The predicted octanol–water partition coefficient (Wildman–Crippen LogP) is 3.07. The van der Waals surface area contributed by atoms with Gasteiger partial charge in [-0.2, -0.15) is 0 Å². The molecule has 2 nitrogen and oxygen atoms in total. The van der Waals surface area contributed by atoms with Crippen LogP contribution < -0.4 is 10.6 Å². The number of nitrogens with two attached hydrogens (primary N) is 1. The van der Waals surface area contributed by atoms with Crippen molar-refractivity contribution in [2.75, 3.05) is 23.7 Å². The molecule has 1 rings (SSSR count). The number of anilines is 2. The fourth-order valence-electron chi connectivity index (χ4n) is 1.98.